The molecule has 0 aliphatic heterocycles. The number of benzene rings is 1. The summed E-state index contributed by atoms with van der Waals surface area (Å²) in [5, 5.41) is 0. The zero-order valence-corrected chi connectivity index (χ0v) is 11.1. The molecule has 20 heavy (non-hydrogen) atoms. The van der Waals surface area contributed by atoms with Crippen molar-refractivity contribution in [2.24, 2.45) is 5.73 Å². The molecule has 2 N–H and O–H groups in total. The van der Waals surface area contributed by atoms with Crippen molar-refractivity contribution in [3.63, 3.8) is 0 Å². The van der Waals surface area contributed by atoms with Crippen molar-refractivity contribution >= 4 is 5.97 Å². The van der Waals surface area contributed by atoms with Crippen molar-refractivity contribution in [3.8, 4) is 5.75 Å². The molecular formula is C13H16F3NO3. The lowest BCUT2D eigenvalue weighted by atomic mass is 10.2. The predicted octanol–water partition coefficient (Wildman–Crippen LogP) is 2.62. The van der Waals surface area contributed by atoms with E-state index in [1.165, 1.54) is 19.1 Å². The predicted molar refractivity (Wildman–Crippen MR) is 65.9 cm³/mol. The van der Waals surface area contributed by atoms with Crippen LogP contribution in [0, 0.1) is 0 Å². The van der Waals surface area contributed by atoms with Crippen LogP contribution in [0.25, 0.3) is 0 Å². The van der Waals surface area contributed by atoms with E-state index in [0.717, 1.165) is 6.92 Å². The number of para-hydroxylation sites is 1. The highest BCUT2D eigenvalue weighted by Gasteiger charge is 2.44. The van der Waals surface area contributed by atoms with Gasteiger partial charge >= 0.3 is 12.1 Å². The molecule has 4 nitrogen and oxygen atoms in total. The van der Waals surface area contributed by atoms with E-state index in [9.17, 15) is 18.0 Å². The molecule has 1 aromatic rings. The van der Waals surface area contributed by atoms with Gasteiger partial charge in [-0.05, 0) is 19.1 Å². The smallest absolute Gasteiger partial charge is 0.396 e. The first-order valence-electron chi connectivity index (χ1n) is 5.90. The van der Waals surface area contributed by atoms with E-state index in [0.29, 0.717) is 0 Å². The lowest BCUT2D eigenvalue weighted by molar-refractivity contribution is -0.240. The molecule has 0 amide bonds. The van der Waals surface area contributed by atoms with Crippen LogP contribution in [-0.2, 0) is 9.53 Å². The fourth-order valence-electron chi connectivity index (χ4n) is 1.50. The highest BCUT2D eigenvalue weighted by atomic mass is 19.4. The molecule has 0 heterocycles. The van der Waals surface area contributed by atoms with E-state index in [1.54, 1.807) is 18.2 Å². The van der Waals surface area contributed by atoms with Crippen LogP contribution in [0.15, 0.2) is 30.3 Å². The van der Waals surface area contributed by atoms with Gasteiger partial charge in [0.1, 0.15) is 18.2 Å². The molecule has 7 heteroatoms. The molecule has 0 aliphatic carbocycles. The minimum absolute atomic E-state index is 0.164. The molecule has 0 radical (unpaired) electrons. The van der Waals surface area contributed by atoms with Gasteiger partial charge in [-0.2, -0.15) is 13.2 Å². The number of alkyl halides is 3. The number of halogens is 3. The molecule has 112 valence electrons. The number of carbonyl (C=O) groups is 1. The third-order valence-corrected chi connectivity index (χ3v) is 2.29. The van der Waals surface area contributed by atoms with Gasteiger partial charge in [-0.3, -0.25) is 4.79 Å². The van der Waals surface area contributed by atoms with Crippen molar-refractivity contribution in [3.05, 3.63) is 30.3 Å². The zero-order chi connectivity index (χ0) is 15.4. The lowest BCUT2D eigenvalue weighted by Gasteiger charge is -2.31. The van der Waals surface area contributed by atoms with Crippen molar-refractivity contribution in [2.45, 2.75) is 38.3 Å². The minimum Gasteiger partial charge on any atom is -0.452 e. The first-order chi connectivity index (χ1) is 9.11. The van der Waals surface area contributed by atoms with Crippen molar-refractivity contribution in [2.75, 3.05) is 0 Å². The summed E-state index contributed by atoms with van der Waals surface area (Å²) < 4.78 is 47.8. The lowest BCUT2D eigenvalue weighted by Crippen LogP contribution is -2.45. The van der Waals surface area contributed by atoms with Crippen LogP contribution < -0.4 is 10.5 Å². The molecule has 0 bridgehead atoms. The van der Waals surface area contributed by atoms with Crippen LogP contribution in [0.1, 0.15) is 20.3 Å². The second kappa shape index (κ2) is 6.13. The Labute approximate surface area is 114 Å². The third kappa shape index (κ3) is 5.48. The highest BCUT2D eigenvalue weighted by Crippen LogP contribution is 2.32. The molecule has 1 rings (SSSR count). The molecule has 0 fully saturated rings. The zero-order valence-electron chi connectivity index (χ0n) is 11.1. The molecule has 0 saturated heterocycles. The van der Waals surface area contributed by atoms with E-state index < -0.39 is 30.4 Å². The number of rotatable bonds is 5. The Morgan fingerprint density at radius 1 is 1.30 bits per heavy atom. The number of esters is 1. The summed E-state index contributed by atoms with van der Waals surface area (Å²) in [6.45, 7) is 2.37. The molecule has 0 aliphatic rings. The second-order valence-corrected chi connectivity index (χ2v) is 4.55. The van der Waals surface area contributed by atoms with Crippen molar-refractivity contribution in [1.29, 1.82) is 0 Å². The molecule has 1 aromatic carbocycles. The van der Waals surface area contributed by atoms with Gasteiger partial charge in [-0.15, -0.1) is 0 Å². The summed E-state index contributed by atoms with van der Waals surface area (Å²) in [5.41, 5.74) is 5.29. The van der Waals surface area contributed by atoms with Crippen LogP contribution >= 0.6 is 0 Å². The SMILES string of the molecule is C[C@H](N)C(=O)OC(C)(CC(F)(F)F)Oc1ccccc1. The minimum atomic E-state index is -4.55. The maximum absolute atomic E-state index is 12.6. The van der Waals surface area contributed by atoms with Gasteiger partial charge in [0.25, 0.3) is 5.79 Å². The summed E-state index contributed by atoms with van der Waals surface area (Å²) in [5.74, 6) is -2.96. The molecule has 0 spiro atoms. The Balaban J connectivity index is 2.92. The van der Waals surface area contributed by atoms with E-state index >= 15 is 0 Å². The maximum Gasteiger partial charge on any atom is 0.396 e. The van der Waals surface area contributed by atoms with Gasteiger partial charge in [-0.1, -0.05) is 18.2 Å². The first-order valence-corrected chi connectivity index (χ1v) is 5.90. The Hall–Kier alpha value is -1.76. The van der Waals surface area contributed by atoms with Crippen LogP contribution in [0.5, 0.6) is 5.75 Å². The van der Waals surface area contributed by atoms with Gasteiger partial charge < -0.3 is 15.2 Å². The number of hydrogen-bond donors (Lipinski definition) is 1. The topological polar surface area (TPSA) is 61.6 Å². The fraction of sp³-hybridized carbons (Fsp3) is 0.462. The van der Waals surface area contributed by atoms with Crippen LogP contribution in [-0.4, -0.2) is 24.0 Å². The van der Waals surface area contributed by atoms with Crippen molar-refractivity contribution < 1.29 is 27.4 Å². The van der Waals surface area contributed by atoms with Crippen LogP contribution in [0.3, 0.4) is 0 Å². The summed E-state index contributed by atoms with van der Waals surface area (Å²) in [6, 6.07) is 6.76. The molecule has 2 atom stereocenters. The standard InChI is InChI=1S/C13H16F3NO3/c1-9(17)11(18)20-12(2,8-13(14,15)16)19-10-6-4-3-5-7-10/h3-7,9H,8,17H2,1-2H3/t9-,12?/m0/s1. The quantitative estimate of drug-likeness (QED) is 0.669. The van der Waals surface area contributed by atoms with Crippen LogP contribution in [0.4, 0.5) is 13.2 Å². The summed E-state index contributed by atoms with van der Waals surface area (Å²) in [6.07, 6.45) is -5.99. The van der Waals surface area contributed by atoms with E-state index in [2.05, 4.69) is 0 Å². The van der Waals surface area contributed by atoms with Gasteiger partial charge in [-0.25, -0.2) is 0 Å². The summed E-state index contributed by atoms with van der Waals surface area (Å²) >= 11 is 0. The third-order valence-electron chi connectivity index (χ3n) is 2.29. The molecule has 0 saturated carbocycles. The van der Waals surface area contributed by atoms with Crippen molar-refractivity contribution in [1.82, 2.24) is 0 Å². The molecule has 0 aromatic heterocycles. The van der Waals surface area contributed by atoms with Gasteiger partial charge in [0.05, 0.1) is 0 Å². The Morgan fingerprint density at radius 2 is 1.85 bits per heavy atom. The maximum atomic E-state index is 12.6. The van der Waals surface area contributed by atoms with Gasteiger partial charge in [0.15, 0.2) is 0 Å². The Kier molecular flexibility index (Phi) is 4.99. The molecular weight excluding hydrogens is 275 g/mol. The molecule has 1 unspecified atom stereocenters. The number of hydrogen-bond acceptors (Lipinski definition) is 4. The van der Waals surface area contributed by atoms with Gasteiger partial charge in [0.2, 0.25) is 0 Å². The summed E-state index contributed by atoms with van der Waals surface area (Å²) in [4.78, 5) is 11.4. The number of nitrogens with two attached hydrogens (primary N) is 1. The van der Waals surface area contributed by atoms with Gasteiger partial charge in [0, 0.05) is 6.92 Å². The highest BCUT2D eigenvalue weighted by molar-refractivity contribution is 5.75. The Bertz CT molecular complexity index is 448. The average molecular weight is 291 g/mol. The normalized spacial score (nSPS) is 16.1. The Morgan fingerprint density at radius 3 is 2.30 bits per heavy atom. The fourth-order valence-corrected chi connectivity index (χ4v) is 1.50. The van der Waals surface area contributed by atoms with Crippen LogP contribution in [0.2, 0.25) is 0 Å². The number of ether oxygens (including phenoxy) is 2. The average Bonchev–Trinajstić information content (AvgIpc) is 2.26. The largest absolute Gasteiger partial charge is 0.452 e. The first kappa shape index (κ1) is 16.3. The van der Waals surface area contributed by atoms with E-state index in [1.807, 2.05) is 0 Å². The number of carbonyl (C=O) groups excluding carboxylic acids is 1. The van der Waals surface area contributed by atoms with E-state index in [4.69, 9.17) is 15.2 Å². The summed E-state index contributed by atoms with van der Waals surface area (Å²) in [7, 11) is 0. The monoisotopic (exact) mass is 291 g/mol. The van der Waals surface area contributed by atoms with E-state index in [-0.39, 0.29) is 5.75 Å². The second-order valence-electron chi connectivity index (χ2n) is 4.55.